The molecule has 1 saturated heterocycles. The lowest BCUT2D eigenvalue weighted by Crippen LogP contribution is -2.32. The van der Waals surface area contributed by atoms with Crippen molar-refractivity contribution in [1.29, 1.82) is 0 Å². The zero-order chi connectivity index (χ0) is 12.8. The number of hydrogen-bond donors (Lipinski definition) is 1. The van der Waals surface area contributed by atoms with Crippen LogP contribution in [0.4, 0.5) is 5.95 Å². The third kappa shape index (κ3) is 3.60. The van der Waals surface area contributed by atoms with Crippen LogP contribution < -0.4 is 5.32 Å². The van der Waals surface area contributed by atoms with Crippen LogP contribution in [0.5, 0.6) is 0 Å². The highest BCUT2D eigenvalue weighted by Crippen LogP contribution is 2.11. The summed E-state index contributed by atoms with van der Waals surface area (Å²) >= 11 is 0. The fourth-order valence-corrected chi connectivity index (χ4v) is 2.45. The monoisotopic (exact) mass is 248 g/mol. The molecule has 0 aromatic carbocycles. The molecule has 1 aliphatic rings. The van der Waals surface area contributed by atoms with Crippen LogP contribution in [0.1, 0.15) is 25.0 Å². The lowest BCUT2D eigenvalue weighted by atomic mass is 10.1. The highest BCUT2D eigenvalue weighted by atomic mass is 15.2. The van der Waals surface area contributed by atoms with Crippen LogP contribution in [-0.4, -0.2) is 40.6 Å². The van der Waals surface area contributed by atoms with Gasteiger partial charge in [-0.2, -0.15) is 0 Å². The fourth-order valence-electron chi connectivity index (χ4n) is 2.45. The van der Waals surface area contributed by atoms with Crippen LogP contribution >= 0.6 is 0 Å². The van der Waals surface area contributed by atoms with Gasteiger partial charge in [-0.15, -0.1) is 6.58 Å². The maximum absolute atomic E-state index is 4.50. The van der Waals surface area contributed by atoms with Crippen molar-refractivity contribution < 1.29 is 0 Å². The molecule has 18 heavy (non-hydrogen) atoms. The molecule has 0 bridgehead atoms. The van der Waals surface area contributed by atoms with E-state index < -0.39 is 0 Å². The average molecular weight is 248 g/mol. The number of aromatic nitrogens is 2. The van der Waals surface area contributed by atoms with E-state index in [1.54, 1.807) is 0 Å². The van der Waals surface area contributed by atoms with Crippen molar-refractivity contribution in [1.82, 2.24) is 14.5 Å². The van der Waals surface area contributed by atoms with E-state index >= 15 is 0 Å². The number of nitrogens with one attached hydrogen (secondary N) is 1. The molecule has 100 valence electrons. The van der Waals surface area contributed by atoms with Gasteiger partial charge in [0.2, 0.25) is 5.95 Å². The summed E-state index contributed by atoms with van der Waals surface area (Å²) < 4.78 is 2.22. The van der Waals surface area contributed by atoms with Crippen molar-refractivity contribution in [2.24, 2.45) is 0 Å². The fraction of sp³-hybridized carbons (Fsp3) is 0.643. The quantitative estimate of drug-likeness (QED) is 0.784. The van der Waals surface area contributed by atoms with Gasteiger partial charge in [-0.05, 0) is 32.9 Å². The zero-order valence-corrected chi connectivity index (χ0v) is 11.4. The summed E-state index contributed by atoms with van der Waals surface area (Å²) in [5.74, 6) is 0.962. The molecule has 0 atom stereocenters. The first kappa shape index (κ1) is 13.1. The Morgan fingerprint density at radius 3 is 2.83 bits per heavy atom. The first-order chi connectivity index (χ1) is 8.79. The second-order valence-electron chi connectivity index (χ2n) is 4.97. The molecule has 1 N–H and O–H groups in total. The van der Waals surface area contributed by atoms with Crippen LogP contribution in [0.25, 0.3) is 0 Å². The third-order valence-electron chi connectivity index (χ3n) is 3.41. The van der Waals surface area contributed by atoms with Crippen molar-refractivity contribution in [2.75, 3.05) is 31.5 Å². The van der Waals surface area contributed by atoms with Crippen LogP contribution in [-0.2, 0) is 6.54 Å². The molecular formula is C14H24N4. The largest absolute Gasteiger partial charge is 0.352 e. The van der Waals surface area contributed by atoms with Crippen LogP contribution in [0, 0.1) is 6.92 Å². The Kier molecular flexibility index (Phi) is 4.81. The van der Waals surface area contributed by atoms with E-state index in [1.165, 1.54) is 32.4 Å². The number of likely N-dealkylation sites (tertiary alicyclic amines) is 1. The van der Waals surface area contributed by atoms with E-state index in [-0.39, 0.29) is 0 Å². The molecule has 0 amide bonds. The minimum Gasteiger partial charge on any atom is -0.352 e. The van der Waals surface area contributed by atoms with Gasteiger partial charge in [0, 0.05) is 25.8 Å². The molecule has 4 nitrogen and oxygen atoms in total. The van der Waals surface area contributed by atoms with Gasteiger partial charge in [0.1, 0.15) is 0 Å². The molecule has 1 aromatic rings. The molecule has 4 heteroatoms. The van der Waals surface area contributed by atoms with Crippen LogP contribution in [0.2, 0.25) is 0 Å². The summed E-state index contributed by atoms with van der Waals surface area (Å²) in [5.41, 5.74) is 1.07. The van der Waals surface area contributed by atoms with Crippen LogP contribution in [0.15, 0.2) is 18.9 Å². The summed E-state index contributed by atoms with van der Waals surface area (Å²) in [6, 6.07) is 0. The molecule has 1 fully saturated rings. The topological polar surface area (TPSA) is 33.1 Å². The van der Waals surface area contributed by atoms with Gasteiger partial charge in [0.15, 0.2) is 0 Å². The Balaban J connectivity index is 1.88. The van der Waals surface area contributed by atoms with Gasteiger partial charge in [-0.3, -0.25) is 0 Å². The molecule has 2 heterocycles. The van der Waals surface area contributed by atoms with E-state index in [4.69, 9.17) is 0 Å². The number of anilines is 1. The Labute approximate surface area is 110 Å². The van der Waals surface area contributed by atoms with Gasteiger partial charge in [-0.25, -0.2) is 4.98 Å². The summed E-state index contributed by atoms with van der Waals surface area (Å²) in [7, 11) is 0. The minimum absolute atomic E-state index is 0.764. The van der Waals surface area contributed by atoms with E-state index in [0.717, 1.165) is 31.3 Å². The number of nitrogens with zero attached hydrogens (tertiary/aromatic N) is 3. The van der Waals surface area contributed by atoms with Crippen molar-refractivity contribution in [3.05, 3.63) is 24.5 Å². The molecule has 2 rings (SSSR count). The Morgan fingerprint density at radius 1 is 1.33 bits per heavy atom. The van der Waals surface area contributed by atoms with Gasteiger partial charge in [0.05, 0.1) is 5.69 Å². The third-order valence-corrected chi connectivity index (χ3v) is 3.41. The Morgan fingerprint density at radius 2 is 2.11 bits per heavy atom. The summed E-state index contributed by atoms with van der Waals surface area (Å²) in [4.78, 5) is 7.05. The molecule has 1 aliphatic heterocycles. The normalized spacial score (nSPS) is 16.7. The number of hydrogen-bond acceptors (Lipinski definition) is 3. The van der Waals surface area contributed by atoms with E-state index in [9.17, 15) is 0 Å². The standard InChI is InChI=1S/C14H24N4/c1-3-7-15-14-16-13(2)12-18(14)11-10-17-8-5-4-6-9-17/h3,12H,1,4-11H2,2H3,(H,15,16). The Bertz CT molecular complexity index is 377. The molecule has 0 aliphatic carbocycles. The van der Waals surface area contributed by atoms with E-state index in [1.807, 2.05) is 13.0 Å². The highest BCUT2D eigenvalue weighted by Gasteiger charge is 2.11. The highest BCUT2D eigenvalue weighted by molar-refractivity contribution is 5.29. The predicted octanol–water partition coefficient (Wildman–Crippen LogP) is 2.28. The number of imidazole rings is 1. The predicted molar refractivity (Wildman–Crippen MR) is 75.9 cm³/mol. The van der Waals surface area contributed by atoms with Gasteiger partial charge >= 0.3 is 0 Å². The molecular weight excluding hydrogens is 224 g/mol. The van der Waals surface area contributed by atoms with Crippen molar-refractivity contribution >= 4 is 5.95 Å². The maximum atomic E-state index is 4.50. The minimum atomic E-state index is 0.764. The average Bonchev–Trinajstić information content (AvgIpc) is 2.75. The Hall–Kier alpha value is -1.29. The summed E-state index contributed by atoms with van der Waals surface area (Å²) in [6.45, 7) is 11.2. The first-order valence-electron chi connectivity index (χ1n) is 6.90. The van der Waals surface area contributed by atoms with E-state index in [2.05, 4.69) is 32.5 Å². The lowest BCUT2D eigenvalue weighted by Gasteiger charge is -2.26. The van der Waals surface area contributed by atoms with Gasteiger partial charge in [-0.1, -0.05) is 12.5 Å². The zero-order valence-electron chi connectivity index (χ0n) is 11.4. The first-order valence-corrected chi connectivity index (χ1v) is 6.90. The number of piperidine rings is 1. The van der Waals surface area contributed by atoms with Gasteiger partial charge in [0.25, 0.3) is 0 Å². The van der Waals surface area contributed by atoms with Crippen LogP contribution in [0.3, 0.4) is 0 Å². The molecule has 0 spiro atoms. The number of rotatable bonds is 6. The number of aryl methyl sites for hydroxylation is 1. The van der Waals surface area contributed by atoms with Gasteiger partial charge < -0.3 is 14.8 Å². The van der Waals surface area contributed by atoms with Crippen molar-refractivity contribution in [2.45, 2.75) is 32.7 Å². The molecule has 1 aromatic heterocycles. The summed E-state index contributed by atoms with van der Waals surface area (Å²) in [5, 5.41) is 3.29. The molecule has 0 radical (unpaired) electrons. The maximum Gasteiger partial charge on any atom is 0.203 e. The SMILES string of the molecule is C=CCNc1nc(C)cn1CCN1CCCCC1. The second-order valence-corrected chi connectivity index (χ2v) is 4.97. The van der Waals surface area contributed by atoms with E-state index in [0.29, 0.717) is 0 Å². The van der Waals surface area contributed by atoms with Crippen molar-refractivity contribution in [3.8, 4) is 0 Å². The summed E-state index contributed by atoms with van der Waals surface area (Å²) in [6.07, 6.45) is 8.08. The molecule has 0 unspecified atom stereocenters. The lowest BCUT2D eigenvalue weighted by molar-refractivity contribution is 0.221. The molecule has 0 saturated carbocycles. The second kappa shape index (κ2) is 6.59. The smallest absolute Gasteiger partial charge is 0.203 e. The van der Waals surface area contributed by atoms with Crippen molar-refractivity contribution in [3.63, 3.8) is 0 Å².